The summed E-state index contributed by atoms with van der Waals surface area (Å²) in [7, 11) is -2.14. The highest BCUT2D eigenvalue weighted by Crippen LogP contribution is 2.18. The Kier molecular flexibility index (Phi) is 6.16. The third-order valence-electron chi connectivity index (χ3n) is 3.03. The highest BCUT2D eigenvalue weighted by Gasteiger charge is 2.17. The second-order valence-corrected chi connectivity index (χ2v) is 7.59. The van der Waals surface area contributed by atoms with Crippen molar-refractivity contribution < 1.29 is 22.4 Å². The van der Waals surface area contributed by atoms with Gasteiger partial charge in [0.05, 0.1) is 17.1 Å². The van der Waals surface area contributed by atoms with Crippen molar-refractivity contribution in [2.45, 2.75) is 17.9 Å². The van der Waals surface area contributed by atoms with E-state index in [1.165, 1.54) is 43.7 Å². The zero-order valence-electron chi connectivity index (χ0n) is 13.1. The zero-order valence-corrected chi connectivity index (χ0v) is 15.5. The van der Waals surface area contributed by atoms with Crippen LogP contribution in [0.3, 0.4) is 0 Å². The molecule has 0 radical (unpaired) electrons. The Bertz CT molecular complexity index is 802. The molecule has 0 aliphatic rings. The number of methoxy groups -OCH3 is 1. The molecule has 0 bridgehead atoms. The molecule has 2 N–H and O–H groups in total. The molecule has 0 fully saturated rings. The van der Waals surface area contributed by atoms with Crippen molar-refractivity contribution in [2.75, 3.05) is 19.0 Å². The first-order valence-corrected chi connectivity index (χ1v) is 9.26. The molecule has 0 saturated carbocycles. The number of hydrogen-bond acceptors (Lipinski definition) is 5. The lowest BCUT2D eigenvalue weighted by Gasteiger charge is -2.13. The van der Waals surface area contributed by atoms with Crippen LogP contribution in [0.4, 0.5) is 5.69 Å². The van der Waals surface area contributed by atoms with E-state index in [-0.39, 0.29) is 23.5 Å². The minimum absolute atomic E-state index is 0.106. The number of amides is 1. The highest BCUT2D eigenvalue weighted by atomic mass is 79.9. The summed E-state index contributed by atoms with van der Waals surface area (Å²) < 4.78 is 37.3. The summed E-state index contributed by atoms with van der Waals surface area (Å²) in [5, 5.41) is 2.66. The number of ether oxygens (including phenoxy) is 1. The van der Waals surface area contributed by atoms with Gasteiger partial charge in [0.1, 0.15) is 6.26 Å². The fraction of sp³-hybridized carbons (Fsp3) is 0.267. The van der Waals surface area contributed by atoms with Crippen LogP contribution < -0.4 is 10.0 Å². The van der Waals surface area contributed by atoms with Crippen LogP contribution in [0.5, 0.6) is 0 Å². The van der Waals surface area contributed by atoms with Crippen LogP contribution in [0.2, 0.25) is 0 Å². The number of carbonyl (C=O) groups excluding carboxylic acids is 1. The van der Waals surface area contributed by atoms with Crippen LogP contribution in [-0.4, -0.2) is 34.1 Å². The van der Waals surface area contributed by atoms with Gasteiger partial charge in [0.25, 0.3) is 5.91 Å². The van der Waals surface area contributed by atoms with Crippen LogP contribution in [-0.2, 0) is 14.8 Å². The van der Waals surface area contributed by atoms with Gasteiger partial charge in [0.15, 0.2) is 4.67 Å². The van der Waals surface area contributed by atoms with Crippen LogP contribution in [0, 0.1) is 0 Å². The number of halogens is 1. The van der Waals surface area contributed by atoms with E-state index in [2.05, 4.69) is 26.0 Å². The van der Waals surface area contributed by atoms with Gasteiger partial charge in [-0.3, -0.25) is 4.79 Å². The van der Waals surface area contributed by atoms with E-state index < -0.39 is 10.0 Å². The van der Waals surface area contributed by atoms with Gasteiger partial charge in [-0.1, -0.05) is 0 Å². The molecule has 1 aromatic carbocycles. The predicted octanol–water partition coefficient (Wildman–Crippen LogP) is 2.61. The van der Waals surface area contributed by atoms with Gasteiger partial charge in [0.2, 0.25) is 10.0 Å². The molecule has 1 heterocycles. The van der Waals surface area contributed by atoms with Gasteiger partial charge < -0.3 is 14.5 Å². The number of furan rings is 1. The Labute approximate surface area is 148 Å². The van der Waals surface area contributed by atoms with Gasteiger partial charge in [-0.25, -0.2) is 13.1 Å². The number of rotatable bonds is 7. The van der Waals surface area contributed by atoms with Crippen molar-refractivity contribution in [1.29, 1.82) is 0 Å². The fourth-order valence-corrected chi connectivity index (χ4v) is 3.54. The second kappa shape index (κ2) is 7.93. The first kappa shape index (κ1) is 18.7. The lowest BCUT2D eigenvalue weighted by atomic mass is 10.3. The SMILES string of the molecule is COC[C@@H](C)NS(=O)(=O)c1ccc(NC(=O)c2coc(Br)c2)cc1. The van der Waals surface area contributed by atoms with Gasteiger partial charge in [0, 0.05) is 24.9 Å². The molecule has 9 heteroatoms. The van der Waals surface area contributed by atoms with Crippen LogP contribution in [0.1, 0.15) is 17.3 Å². The molecule has 1 amide bonds. The van der Waals surface area contributed by atoms with Crippen LogP contribution in [0.25, 0.3) is 0 Å². The standard InChI is InChI=1S/C15H17BrN2O5S/c1-10(8-22-2)18-24(20,21)13-5-3-12(4-6-13)17-15(19)11-7-14(16)23-9-11/h3-7,9-10,18H,8H2,1-2H3,(H,17,19)/t10-/m1/s1. The second-order valence-electron chi connectivity index (χ2n) is 5.10. The van der Waals surface area contributed by atoms with E-state index >= 15 is 0 Å². The highest BCUT2D eigenvalue weighted by molar-refractivity contribution is 9.10. The van der Waals surface area contributed by atoms with Crippen molar-refractivity contribution in [2.24, 2.45) is 0 Å². The van der Waals surface area contributed by atoms with Gasteiger partial charge in [-0.15, -0.1) is 0 Å². The number of sulfonamides is 1. The number of benzene rings is 1. The smallest absolute Gasteiger partial charge is 0.258 e. The van der Waals surface area contributed by atoms with E-state index in [1.54, 1.807) is 6.92 Å². The maximum Gasteiger partial charge on any atom is 0.258 e. The van der Waals surface area contributed by atoms with Gasteiger partial charge in [-0.2, -0.15) is 0 Å². The summed E-state index contributed by atoms with van der Waals surface area (Å²) in [5.74, 6) is -0.355. The molecule has 130 valence electrons. The van der Waals surface area contributed by atoms with E-state index in [1.807, 2.05) is 0 Å². The quantitative estimate of drug-likeness (QED) is 0.722. The molecule has 7 nitrogen and oxygen atoms in total. The van der Waals surface area contributed by atoms with E-state index in [9.17, 15) is 13.2 Å². The maximum atomic E-state index is 12.2. The van der Waals surface area contributed by atoms with Crippen LogP contribution >= 0.6 is 15.9 Å². The lowest BCUT2D eigenvalue weighted by molar-refractivity contribution is 0.102. The minimum Gasteiger partial charge on any atom is -0.457 e. The summed E-state index contributed by atoms with van der Waals surface area (Å²) >= 11 is 3.12. The van der Waals surface area contributed by atoms with Crippen LogP contribution in [0.15, 0.2) is 50.6 Å². The van der Waals surface area contributed by atoms with Crippen molar-refractivity contribution in [1.82, 2.24) is 4.72 Å². The Morgan fingerprint density at radius 1 is 1.33 bits per heavy atom. The molecular formula is C15H17BrN2O5S. The summed E-state index contributed by atoms with van der Waals surface area (Å²) in [5.41, 5.74) is 0.829. The average Bonchev–Trinajstić information content (AvgIpc) is 2.94. The Morgan fingerprint density at radius 3 is 2.54 bits per heavy atom. The van der Waals surface area contributed by atoms with E-state index in [0.717, 1.165) is 0 Å². The Morgan fingerprint density at radius 2 is 2.00 bits per heavy atom. The number of hydrogen-bond donors (Lipinski definition) is 2. The largest absolute Gasteiger partial charge is 0.457 e. The Balaban J connectivity index is 2.06. The third-order valence-corrected chi connectivity index (χ3v) is 5.05. The molecule has 24 heavy (non-hydrogen) atoms. The third kappa shape index (κ3) is 4.91. The number of anilines is 1. The Hall–Kier alpha value is -1.68. The van der Waals surface area contributed by atoms with Crippen molar-refractivity contribution in [3.8, 4) is 0 Å². The molecule has 0 aliphatic heterocycles. The van der Waals surface area contributed by atoms with Gasteiger partial charge >= 0.3 is 0 Å². The minimum atomic E-state index is -3.64. The van der Waals surface area contributed by atoms with Crippen molar-refractivity contribution >= 4 is 37.5 Å². The molecule has 0 unspecified atom stereocenters. The normalized spacial score (nSPS) is 12.8. The molecule has 0 saturated heterocycles. The number of nitrogens with one attached hydrogen (secondary N) is 2. The summed E-state index contributed by atoms with van der Waals surface area (Å²) in [6.07, 6.45) is 1.32. The maximum absolute atomic E-state index is 12.2. The molecule has 2 aromatic rings. The molecule has 0 aliphatic carbocycles. The molecule has 2 rings (SSSR count). The molecule has 0 spiro atoms. The van der Waals surface area contributed by atoms with Crippen molar-refractivity contribution in [3.63, 3.8) is 0 Å². The first-order valence-electron chi connectivity index (χ1n) is 6.98. The molecular weight excluding hydrogens is 400 g/mol. The zero-order chi connectivity index (χ0) is 17.7. The summed E-state index contributed by atoms with van der Waals surface area (Å²) in [6, 6.07) is 7.06. The fourth-order valence-electron chi connectivity index (χ4n) is 1.97. The van der Waals surface area contributed by atoms with Crippen molar-refractivity contribution in [3.05, 3.63) is 46.8 Å². The van der Waals surface area contributed by atoms with Gasteiger partial charge in [-0.05, 0) is 47.1 Å². The summed E-state index contributed by atoms with van der Waals surface area (Å²) in [4.78, 5) is 12.1. The average molecular weight is 417 g/mol. The predicted molar refractivity (Wildman–Crippen MR) is 92.5 cm³/mol. The monoisotopic (exact) mass is 416 g/mol. The lowest BCUT2D eigenvalue weighted by Crippen LogP contribution is -2.35. The molecule has 1 aromatic heterocycles. The number of carbonyl (C=O) groups is 1. The summed E-state index contributed by atoms with van der Waals surface area (Å²) in [6.45, 7) is 1.98. The first-order chi connectivity index (χ1) is 11.3. The van der Waals surface area contributed by atoms with E-state index in [4.69, 9.17) is 9.15 Å². The molecule has 1 atom stereocenters. The van der Waals surface area contributed by atoms with E-state index in [0.29, 0.717) is 15.9 Å². The topological polar surface area (TPSA) is 97.6 Å².